The quantitative estimate of drug-likeness (QED) is 0.754. The first-order valence-corrected chi connectivity index (χ1v) is 6.08. The van der Waals surface area contributed by atoms with E-state index < -0.39 is 17.6 Å². The van der Waals surface area contributed by atoms with Crippen molar-refractivity contribution in [1.82, 2.24) is 10.6 Å². The van der Waals surface area contributed by atoms with Gasteiger partial charge in [0.15, 0.2) is 5.96 Å². The molecule has 0 aromatic rings. The van der Waals surface area contributed by atoms with Crippen LogP contribution in [0, 0.1) is 5.92 Å². The van der Waals surface area contributed by atoms with Crippen molar-refractivity contribution in [2.24, 2.45) is 10.9 Å². The molecular formula is C11H16F3N3O. The largest absolute Gasteiger partial charge is 0.391 e. The van der Waals surface area contributed by atoms with Crippen LogP contribution >= 0.6 is 0 Å². The Bertz CT molecular complexity index is 370. The number of guanidine groups is 1. The molecule has 0 aromatic heterocycles. The van der Waals surface area contributed by atoms with Gasteiger partial charge in [-0.05, 0) is 32.6 Å². The molecule has 1 saturated carbocycles. The van der Waals surface area contributed by atoms with Crippen LogP contribution in [-0.4, -0.2) is 30.1 Å². The smallest absolute Gasteiger partial charge is 0.342 e. The Balaban J connectivity index is 2.04. The van der Waals surface area contributed by atoms with Crippen molar-refractivity contribution in [3.8, 4) is 0 Å². The molecule has 1 saturated heterocycles. The van der Waals surface area contributed by atoms with E-state index in [2.05, 4.69) is 15.6 Å². The molecule has 2 aliphatic rings. The lowest BCUT2D eigenvalue weighted by Crippen LogP contribution is -2.50. The number of halogens is 3. The molecule has 7 heteroatoms. The molecule has 102 valence electrons. The Labute approximate surface area is 103 Å². The number of nitrogens with zero attached hydrogens (tertiary/aromatic N) is 1. The number of hydrogen-bond donors (Lipinski definition) is 2. The predicted octanol–water partition coefficient (Wildman–Crippen LogP) is 1.57. The maximum Gasteiger partial charge on any atom is 0.391 e. The monoisotopic (exact) mass is 263 g/mol. The lowest BCUT2D eigenvalue weighted by atomic mass is 9.76. The van der Waals surface area contributed by atoms with Gasteiger partial charge < -0.3 is 5.32 Å². The summed E-state index contributed by atoms with van der Waals surface area (Å²) in [5, 5.41) is 5.54. The molecule has 2 N–H and O–H groups in total. The molecule has 1 heterocycles. The fourth-order valence-electron chi connectivity index (χ4n) is 2.57. The summed E-state index contributed by atoms with van der Waals surface area (Å²) >= 11 is 0. The zero-order chi connectivity index (χ0) is 13.4. The summed E-state index contributed by atoms with van der Waals surface area (Å²) in [7, 11) is 0. The van der Waals surface area contributed by atoms with Crippen molar-refractivity contribution >= 4 is 11.9 Å². The Morgan fingerprint density at radius 3 is 2.50 bits per heavy atom. The highest BCUT2D eigenvalue weighted by Crippen LogP contribution is 2.41. The van der Waals surface area contributed by atoms with Gasteiger partial charge in [0, 0.05) is 6.54 Å². The summed E-state index contributed by atoms with van der Waals surface area (Å²) in [5.41, 5.74) is -0.879. The zero-order valence-electron chi connectivity index (χ0n) is 10.1. The maximum absolute atomic E-state index is 12.6. The number of alkyl halides is 3. The van der Waals surface area contributed by atoms with Crippen molar-refractivity contribution in [2.75, 3.05) is 6.54 Å². The molecule has 0 atom stereocenters. The third-order valence-electron chi connectivity index (χ3n) is 3.64. The number of nitrogens with one attached hydrogen (secondary N) is 2. The van der Waals surface area contributed by atoms with Crippen molar-refractivity contribution in [3.63, 3.8) is 0 Å². The lowest BCUT2D eigenvalue weighted by molar-refractivity contribution is -0.185. The molecule has 1 aliphatic carbocycles. The molecule has 4 nitrogen and oxygen atoms in total. The molecule has 0 aromatic carbocycles. The van der Waals surface area contributed by atoms with Crippen molar-refractivity contribution in [1.29, 1.82) is 0 Å². The average Bonchev–Trinajstić information content (AvgIpc) is 2.55. The van der Waals surface area contributed by atoms with Crippen LogP contribution in [0.2, 0.25) is 0 Å². The minimum Gasteiger partial charge on any atom is -0.342 e. The van der Waals surface area contributed by atoms with Crippen LogP contribution in [0.5, 0.6) is 0 Å². The molecule has 1 amide bonds. The van der Waals surface area contributed by atoms with Gasteiger partial charge in [-0.1, -0.05) is 0 Å². The standard InChI is InChI=1S/C11H16F3N3O/c1-2-15-9-16-8(18)10(17-9)5-3-7(4-6-10)11(12,13)14/h7H,2-6H2,1H3,(H2,15,16,17,18). The van der Waals surface area contributed by atoms with Crippen molar-refractivity contribution in [3.05, 3.63) is 0 Å². The second-order valence-electron chi connectivity index (χ2n) is 4.80. The van der Waals surface area contributed by atoms with Gasteiger partial charge in [0.25, 0.3) is 5.91 Å². The molecule has 0 unspecified atom stereocenters. The predicted molar refractivity (Wildman–Crippen MR) is 60.0 cm³/mol. The topological polar surface area (TPSA) is 53.5 Å². The van der Waals surface area contributed by atoms with Crippen LogP contribution < -0.4 is 10.6 Å². The van der Waals surface area contributed by atoms with Crippen LogP contribution in [-0.2, 0) is 4.79 Å². The van der Waals surface area contributed by atoms with Crippen LogP contribution in [0.25, 0.3) is 0 Å². The second-order valence-corrected chi connectivity index (χ2v) is 4.80. The van der Waals surface area contributed by atoms with Crippen molar-refractivity contribution in [2.45, 2.75) is 44.3 Å². The highest BCUT2D eigenvalue weighted by atomic mass is 19.4. The van der Waals surface area contributed by atoms with Crippen LogP contribution in [0.1, 0.15) is 32.6 Å². The van der Waals surface area contributed by atoms with E-state index >= 15 is 0 Å². The minimum absolute atomic E-state index is 0.0106. The number of carbonyl (C=O) groups excluding carboxylic acids is 1. The first kappa shape index (κ1) is 13.2. The van der Waals surface area contributed by atoms with Gasteiger partial charge in [-0.2, -0.15) is 13.2 Å². The number of amides is 1. The normalized spacial score (nSPS) is 34.8. The molecule has 0 bridgehead atoms. The van der Waals surface area contributed by atoms with Gasteiger partial charge in [-0.15, -0.1) is 0 Å². The number of carbonyl (C=O) groups is 1. The second kappa shape index (κ2) is 4.44. The van der Waals surface area contributed by atoms with Crippen LogP contribution in [0.15, 0.2) is 4.99 Å². The molecule has 18 heavy (non-hydrogen) atoms. The van der Waals surface area contributed by atoms with E-state index in [0.29, 0.717) is 12.5 Å². The average molecular weight is 263 g/mol. The molecular weight excluding hydrogens is 247 g/mol. The highest BCUT2D eigenvalue weighted by molar-refractivity contribution is 6.09. The van der Waals surface area contributed by atoms with E-state index in [1.54, 1.807) is 0 Å². The Kier molecular flexibility index (Phi) is 3.25. The molecule has 1 spiro atoms. The Morgan fingerprint density at radius 1 is 1.39 bits per heavy atom. The van der Waals surface area contributed by atoms with E-state index in [9.17, 15) is 18.0 Å². The first-order chi connectivity index (χ1) is 8.37. The number of aliphatic imine (C=N–C) groups is 1. The molecule has 1 aliphatic heterocycles. The fraction of sp³-hybridized carbons (Fsp3) is 0.818. The van der Waals surface area contributed by atoms with Gasteiger partial charge in [-0.25, -0.2) is 0 Å². The fourth-order valence-corrected chi connectivity index (χ4v) is 2.57. The molecule has 0 radical (unpaired) electrons. The van der Waals surface area contributed by atoms with E-state index in [1.165, 1.54) is 0 Å². The first-order valence-electron chi connectivity index (χ1n) is 6.08. The summed E-state index contributed by atoms with van der Waals surface area (Å²) < 4.78 is 37.7. The van der Waals surface area contributed by atoms with Gasteiger partial charge in [-0.3, -0.25) is 15.1 Å². The summed E-state index contributed by atoms with van der Waals surface area (Å²) in [6, 6.07) is 0. The van der Waals surface area contributed by atoms with E-state index in [4.69, 9.17) is 0 Å². The molecule has 2 fully saturated rings. The van der Waals surface area contributed by atoms with Gasteiger partial charge in [0.05, 0.1) is 5.92 Å². The van der Waals surface area contributed by atoms with Crippen LogP contribution in [0.4, 0.5) is 13.2 Å². The number of rotatable bonds is 1. The molecule has 2 rings (SSSR count). The summed E-state index contributed by atoms with van der Waals surface area (Å²) in [4.78, 5) is 15.9. The van der Waals surface area contributed by atoms with Crippen LogP contribution in [0.3, 0.4) is 0 Å². The summed E-state index contributed by atoms with van der Waals surface area (Å²) in [6.07, 6.45) is -3.78. The zero-order valence-corrected chi connectivity index (χ0v) is 10.1. The van der Waals surface area contributed by atoms with Crippen molar-refractivity contribution < 1.29 is 18.0 Å². The maximum atomic E-state index is 12.6. The lowest BCUT2D eigenvalue weighted by Gasteiger charge is -2.35. The SMILES string of the molecule is CCN=C1NC(=O)C2(CCC(C(F)(F)F)CC2)N1. The Hall–Kier alpha value is -1.27. The highest BCUT2D eigenvalue weighted by Gasteiger charge is 2.51. The van der Waals surface area contributed by atoms with Gasteiger partial charge in [0.2, 0.25) is 0 Å². The summed E-state index contributed by atoms with van der Waals surface area (Å²) in [6.45, 7) is 2.34. The van der Waals surface area contributed by atoms with E-state index in [1.807, 2.05) is 6.92 Å². The van der Waals surface area contributed by atoms with Gasteiger partial charge in [0.1, 0.15) is 5.54 Å². The van der Waals surface area contributed by atoms with Gasteiger partial charge >= 0.3 is 6.18 Å². The van der Waals surface area contributed by atoms with E-state index in [-0.39, 0.29) is 31.6 Å². The third-order valence-corrected chi connectivity index (χ3v) is 3.64. The third kappa shape index (κ3) is 2.30. The Morgan fingerprint density at radius 2 is 2.00 bits per heavy atom. The summed E-state index contributed by atoms with van der Waals surface area (Å²) in [5.74, 6) is -1.16. The number of hydrogen-bond acceptors (Lipinski definition) is 2. The minimum atomic E-state index is -4.16. The van der Waals surface area contributed by atoms with E-state index in [0.717, 1.165) is 0 Å².